The smallest absolute Gasteiger partial charge is 0.129 e. The van der Waals surface area contributed by atoms with Crippen LogP contribution in [0.3, 0.4) is 0 Å². The third-order valence-corrected chi connectivity index (χ3v) is 4.66. The molecule has 2 rings (SSSR count). The Balaban J connectivity index is 2.34. The van der Waals surface area contributed by atoms with Crippen LogP contribution < -0.4 is 5.73 Å². The molecule has 1 aliphatic rings. The highest BCUT2D eigenvalue weighted by atomic mass is 35.5. The lowest BCUT2D eigenvalue weighted by molar-refractivity contribution is 0.119. The molecule has 1 atom stereocenters. The average molecular weight is 313 g/mol. The molecule has 118 valence electrons. The van der Waals surface area contributed by atoms with Crippen molar-refractivity contribution in [2.24, 2.45) is 11.7 Å². The largest absolute Gasteiger partial charge is 0.329 e. The summed E-state index contributed by atoms with van der Waals surface area (Å²) in [5.74, 6) is 0.273. The van der Waals surface area contributed by atoms with Crippen LogP contribution in [-0.2, 0) is 0 Å². The van der Waals surface area contributed by atoms with Gasteiger partial charge in [-0.2, -0.15) is 0 Å². The van der Waals surface area contributed by atoms with Crippen LogP contribution in [0.1, 0.15) is 51.1 Å². The average Bonchev–Trinajstić information content (AvgIpc) is 2.94. The van der Waals surface area contributed by atoms with Gasteiger partial charge in [-0.25, -0.2) is 4.39 Å². The van der Waals surface area contributed by atoms with Gasteiger partial charge in [0, 0.05) is 29.7 Å². The third-order valence-electron chi connectivity index (χ3n) is 4.33. The van der Waals surface area contributed by atoms with Crippen molar-refractivity contribution in [1.82, 2.24) is 4.90 Å². The second-order valence-corrected chi connectivity index (χ2v) is 6.82. The summed E-state index contributed by atoms with van der Waals surface area (Å²) in [5.41, 5.74) is 6.58. The van der Waals surface area contributed by atoms with Gasteiger partial charge in [0.1, 0.15) is 5.82 Å². The minimum absolute atomic E-state index is 0.135. The summed E-state index contributed by atoms with van der Waals surface area (Å²) in [4.78, 5) is 2.39. The minimum atomic E-state index is -0.246. The number of nitrogens with zero attached hydrogens (tertiary/aromatic N) is 1. The molecule has 2 nitrogen and oxygen atoms in total. The van der Waals surface area contributed by atoms with Crippen molar-refractivity contribution in [3.63, 3.8) is 0 Å². The molecule has 0 saturated heterocycles. The second kappa shape index (κ2) is 7.57. The van der Waals surface area contributed by atoms with E-state index < -0.39 is 0 Å². The lowest BCUT2D eigenvalue weighted by Gasteiger charge is -2.38. The van der Waals surface area contributed by atoms with Crippen molar-refractivity contribution < 1.29 is 4.39 Å². The lowest BCUT2D eigenvalue weighted by Crippen LogP contribution is -2.42. The molecule has 0 amide bonds. The molecule has 1 saturated carbocycles. The van der Waals surface area contributed by atoms with Crippen LogP contribution in [-0.4, -0.2) is 24.0 Å². The maximum absolute atomic E-state index is 14.3. The second-order valence-electron chi connectivity index (χ2n) is 6.42. The van der Waals surface area contributed by atoms with Gasteiger partial charge in [-0.3, -0.25) is 4.90 Å². The monoisotopic (exact) mass is 312 g/mol. The molecule has 1 unspecified atom stereocenters. The molecule has 0 aliphatic heterocycles. The number of rotatable bonds is 6. The fraction of sp³-hybridized carbons (Fsp3) is 0.647. The van der Waals surface area contributed by atoms with Crippen LogP contribution >= 0.6 is 11.6 Å². The van der Waals surface area contributed by atoms with Crippen LogP contribution in [0, 0.1) is 11.7 Å². The predicted octanol–water partition coefficient (Wildman–Crippen LogP) is 4.38. The van der Waals surface area contributed by atoms with E-state index in [-0.39, 0.29) is 11.9 Å². The fourth-order valence-corrected chi connectivity index (χ4v) is 3.73. The van der Waals surface area contributed by atoms with E-state index >= 15 is 0 Å². The Morgan fingerprint density at radius 1 is 1.33 bits per heavy atom. The van der Waals surface area contributed by atoms with E-state index in [1.54, 1.807) is 12.1 Å². The molecule has 1 aromatic rings. The van der Waals surface area contributed by atoms with Crippen LogP contribution in [0.5, 0.6) is 0 Å². The molecule has 0 radical (unpaired) electrons. The molecule has 1 fully saturated rings. The highest BCUT2D eigenvalue weighted by Gasteiger charge is 2.31. The summed E-state index contributed by atoms with van der Waals surface area (Å²) in [6.45, 7) is 5.71. The maximum Gasteiger partial charge on any atom is 0.129 e. The number of hydrogen-bond acceptors (Lipinski definition) is 2. The van der Waals surface area contributed by atoms with Gasteiger partial charge in [0.15, 0.2) is 0 Å². The van der Waals surface area contributed by atoms with Crippen LogP contribution in [0.25, 0.3) is 0 Å². The molecular formula is C17H26ClFN2. The summed E-state index contributed by atoms with van der Waals surface area (Å²) in [7, 11) is 0. The van der Waals surface area contributed by atoms with Gasteiger partial charge in [-0.05, 0) is 30.9 Å². The van der Waals surface area contributed by atoms with E-state index in [1.165, 1.54) is 31.7 Å². The number of halogens is 2. The zero-order chi connectivity index (χ0) is 15.4. The molecule has 1 aliphatic carbocycles. The highest BCUT2D eigenvalue weighted by Crippen LogP contribution is 2.35. The minimum Gasteiger partial charge on any atom is -0.329 e. The number of nitrogens with two attached hydrogens (primary N) is 1. The molecule has 0 aromatic heterocycles. The molecule has 0 spiro atoms. The molecule has 21 heavy (non-hydrogen) atoms. The maximum atomic E-state index is 14.3. The van der Waals surface area contributed by atoms with Crippen LogP contribution in [0.15, 0.2) is 18.2 Å². The molecule has 2 N–H and O–H groups in total. The van der Waals surface area contributed by atoms with Crippen molar-refractivity contribution in [3.05, 3.63) is 34.6 Å². The van der Waals surface area contributed by atoms with Gasteiger partial charge >= 0.3 is 0 Å². The van der Waals surface area contributed by atoms with Gasteiger partial charge in [0.05, 0.1) is 6.04 Å². The van der Waals surface area contributed by atoms with Gasteiger partial charge in [-0.15, -0.1) is 0 Å². The SMILES string of the molecule is CC(C)CN(C1CCCC1)C(CN)c1c(F)cccc1Cl. The Labute approximate surface area is 132 Å². The van der Waals surface area contributed by atoms with Gasteiger partial charge in [-0.1, -0.05) is 44.4 Å². The highest BCUT2D eigenvalue weighted by molar-refractivity contribution is 6.31. The van der Waals surface area contributed by atoms with E-state index in [9.17, 15) is 4.39 Å². The standard InChI is InChI=1S/C17H26ClFN2/c1-12(2)11-21(13-6-3-4-7-13)16(10-20)17-14(18)8-5-9-15(17)19/h5,8-9,12-13,16H,3-4,6-7,10-11,20H2,1-2H3. The summed E-state index contributed by atoms with van der Waals surface area (Å²) in [5, 5.41) is 0.484. The van der Waals surface area contributed by atoms with Crippen LogP contribution in [0.2, 0.25) is 5.02 Å². The zero-order valence-corrected chi connectivity index (χ0v) is 13.7. The quantitative estimate of drug-likeness (QED) is 0.844. The Morgan fingerprint density at radius 3 is 2.52 bits per heavy atom. The van der Waals surface area contributed by atoms with Gasteiger partial charge < -0.3 is 5.73 Å². The third kappa shape index (κ3) is 3.97. The Morgan fingerprint density at radius 2 is 2.00 bits per heavy atom. The number of benzene rings is 1. The molecule has 4 heteroatoms. The lowest BCUT2D eigenvalue weighted by atomic mass is 10.00. The first-order chi connectivity index (χ1) is 10.0. The summed E-state index contributed by atoms with van der Waals surface area (Å²) >= 11 is 6.27. The molecular weight excluding hydrogens is 287 g/mol. The van der Waals surface area contributed by atoms with E-state index in [1.807, 2.05) is 0 Å². The van der Waals surface area contributed by atoms with Crippen molar-refractivity contribution in [2.45, 2.75) is 51.6 Å². The van der Waals surface area contributed by atoms with Gasteiger partial charge in [0.2, 0.25) is 0 Å². The first-order valence-corrected chi connectivity index (χ1v) is 8.32. The van der Waals surface area contributed by atoms with Crippen molar-refractivity contribution >= 4 is 11.6 Å². The molecule has 0 bridgehead atoms. The Kier molecular flexibility index (Phi) is 6.03. The summed E-state index contributed by atoms with van der Waals surface area (Å²) in [6, 6.07) is 5.24. The fourth-order valence-electron chi connectivity index (χ4n) is 3.44. The van der Waals surface area contributed by atoms with E-state index in [4.69, 9.17) is 17.3 Å². The summed E-state index contributed by atoms with van der Waals surface area (Å²) < 4.78 is 14.3. The normalized spacial score (nSPS) is 17.9. The number of hydrogen-bond donors (Lipinski definition) is 1. The van der Waals surface area contributed by atoms with Gasteiger partial charge in [0.25, 0.3) is 0 Å². The zero-order valence-electron chi connectivity index (χ0n) is 13.0. The Hall–Kier alpha value is -0.640. The van der Waals surface area contributed by atoms with Crippen molar-refractivity contribution in [1.29, 1.82) is 0 Å². The van der Waals surface area contributed by atoms with E-state index in [0.717, 1.165) is 6.54 Å². The van der Waals surface area contributed by atoms with E-state index in [0.29, 0.717) is 29.1 Å². The molecule has 0 heterocycles. The first-order valence-electron chi connectivity index (χ1n) is 7.94. The summed E-state index contributed by atoms with van der Waals surface area (Å²) in [6.07, 6.45) is 4.85. The van der Waals surface area contributed by atoms with Crippen LogP contribution in [0.4, 0.5) is 4.39 Å². The predicted molar refractivity (Wildman–Crippen MR) is 87.0 cm³/mol. The Bertz CT molecular complexity index is 438. The van der Waals surface area contributed by atoms with Crippen molar-refractivity contribution in [3.8, 4) is 0 Å². The van der Waals surface area contributed by atoms with Crippen molar-refractivity contribution in [2.75, 3.05) is 13.1 Å². The molecule has 1 aromatic carbocycles. The first kappa shape index (κ1) is 16.7. The van der Waals surface area contributed by atoms with E-state index in [2.05, 4.69) is 18.7 Å². The topological polar surface area (TPSA) is 29.3 Å².